The third-order valence-corrected chi connectivity index (χ3v) is 4.79. The number of nitrogens with zero attached hydrogens (tertiary/aromatic N) is 4. The Kier molecular flexibility index (Phi) is 5.17. The average Bonchev–Trinajstić information content (AvgIpc) is 3.04. The van der Waals surface area contributed by atoms with Crippen molar-refractivity contribution in [3.8, 4) is 10.7 Å². The predicted molar refractivity (Wildman–Crippen MR) is 97.7 cm³/mol. The molecule has 0 aliphatic carbocycles. The van der Waals surface area contributed by atoms with Crippen molar-refractivity contribution in [3.05, 3.63) is 24.4 Å². The molecule has 0 unspecified atom stereocenters. The van der Waals surface area contributed by atoms with Crippen molar-refractivity contribution in [3.63, 3.8) is 0 Å². The van der Waals surface area contributed by atoms with Crippen LogP contribution in [0.5, 0.6) is 0 Å². The van der Waals surface area contributed by atoms with Gasteiger partial charge in [0.1, 0.15) is 11.3 Å². The van der Waals surface area contributed by atoms with E-state index in [0.29, 0.717) is 0 Å². The van der Waals surface area contributed by atoms with Crippen LogP contribution in [0.1, 0.15) is 33.6 Å². The van der Waals surface area contributed by atoms with Crippen LogP contribution in [0, 0.1) is 0 Å². The molecule has 0 saturated carbocycles. The highest BCUT2D eigenvalue weighted by Gasteiger charge is 2.25. The first-order chi connectivity index (χ1) is 11.9. The first-order valence-corrected chi connectivity index (χ1v) is 9.22. The molecule has 1 fully saturated rings. The van der Waals surface area contributed by atoms with E-state index < -0.39 is 5.60 Å². The number of ether oxygens (including phenoxy) is 1. The van der Waals surface area contributed by atoms with Crippen molar-refractivity contribution >= 4 is 22.6 Å². The molecular weight excluding hydrogens is 338 g/mol. The van der Waals surface area contributed by atoms with Crippen LogP contribution in [0.2, 0.25) is 0 Å². The molecule has 25 heavy (non-hydrogen) atoms. The third kappa shape index (κ3) is 4.88. The number of anilines is 1. The molecular formula is C17H23N5O2S. The number of pyridine rings is 1. The van der Waals surface area contributed by atoms with Gasteiger partial charge in [0.15, 0.2) is 5.01 Å². The highest BCUT2D eigenvalue weighted by atomic mass is 32.1. The average molecular weight is 361 g/mol. The summed E-state index contributed by atoms with van der Waals surface area (Å²) in [4.78, 5) is 18.4. The Labute approximate surface area is 151 Å². The van der Waals surface area contributed by atoms with Gasteiger partial charge in [0.05, 0.1) is 0 Å². The zero-order chi connectivity index (χ0) is 17.9. The number of alkyl carbamates (subject to hydrolysis) is 1. The molecule has 1 saturated heterocycles. The first-order valence-electron chi connectivity index (χ1n) is 8.40. The molecule has 0 bridgehead atoms. The Hall–Kier alpha value is -2.22. The highest BCUT2D eigenvalue weighted by molar-refractivity contribution is 7.18. The summed E-state index contributed by atoms with van der Waals surface area (Å²) >= 11 is 1.54. The van der Waals surface area contributed by atoms with Crippen LogP contribution in [0.3, 0.4) is 0 Å². The van der Waals surface area contributed by atoms with Crippen molar-refractivity contribution in [2.75, 3.05) is 18.0 Å². The molecule has 1 aliphatic rings. The number of carbonyl (C=O) groups excluding carboxylic acids is 1. The van der Waals surface area contributed by atoms with Gasteiger partial charge in [0.25, 0.3) is 0 Å². The minimum absolute atomic E-state index is 0.134. The second-order valence-electron chi connectivity index (χ2n) is 7.01. The Morgan fingerprint density at radius 1 is 1.28 bits per heavy atom. The Bertz CT molecular complexity index is 705. The lowest BCUT2D eigenvalue weighted by atomic mass is 10.1. The van der Waals surface area contributed by atoms with Gasteiger partial charge < -0.3 is 15.0 Å². The SMILES string of the molecule is CC(C)(C)OC(=O)NC1CCN(c2nnc(-c3ccccn3)s2)CC1. The number of carbonyl (C=O) groups is 1. The van der Waals surface area contributed by atoms with Crippen LogP contribution < -0.4 is 10.2 Å². The van der Waals surface area contributed by atoms with Crippen LogP contribution in [0.25, 0.3) is 10.7 Å². The zero-order valence-corrected chi connectivity index (χ0v) is 15.5. The van der Waals surface area contributed by atoms with E-state index in [4.69, 9.17) is 4.74 Å². The summed E-state index contributed by atoms with van der Waals surface area (Å²) in [6.45, 7) is 7.26. The van der Waals surface area contributed by atoms with E-state index in [0.717, 1.165) is 41.8 Å². The maximum Gasteiger partial charge on any atom is 0.407 e. The lowest BCUT2D eigenvalue weighted by Crippen LogP contribution is -2.46. The van der Waals surface area contributed by atoms with Gasteiger partial charge in [-0.05, 0) is 45.7 Å². The smallest absolute Gasteiger partial charge is 0.407 e. The molecule has 0 radical (unpaired) electrons. The molecule has 2 aromatic heterocycles. The lowest BCUT2D eigenvalue weighted by Gasteiger charge is -2.32. The third-order valence-electron chi connectivity index (χ3n) is 3.78. The maximum absolute atomic E-state index is 11.9. The summed E-state index contributed by atoms with van der Waals surface area (Å²) in [5.41, 5.74) is 0.367. The van der Waals surface area contributed by atoms with Crippen molar-refractivity contribution in [1.82, 2.24) is 20.5 Å². The molecule has 2 aromatic rings. The number of rotatable bonds is 3. The quantitative estimate of drug-likeness (QED) is 0.905. The van der Waals surface area contributed by atoms with E-state index in [2.05, 4.69) is 25.4 Å². The molecule has 7 nitrogen and oxygen atoms in total. The van der Waals surface area contributed by atoms with E-state index >= 15 is 0 Å². The topological polar surface area (TPSA) is 80.2 Å². The van der Waals surface area contributed by atoms with Crippen LogP contribution in [-0.4, -0.2) is 46.0 Å². The summed E-state index contributed by atoms with van der Waals surface area (Å²) in [5, 5.41) is 13.2. The van der Waals surface area contributed by atoms with Crippen molar-refractivity contribution in [2.24, 2.45) is 0 Å². The van der Waals surface area contributed by atoms with Gasteiger partial charge in [-0.15, -0.1) is 10.2 Å². The van der Waals surface area contributed by atoms with E-state index in [1.165, 1.54) is 0 Å². The maximum atomic E-state index is 11.9. The first kappa shape index (κ1) is 17.6. The lowest BCUT2D eigenvalue weighted by molar-refractivity contribution is 0.0497. The van der Waals surface area contributed by atoms with E-state index in [9.17, 15) is 4.79 Å². The Morgan fingerprint density at radius 2 is 2.04 bits per heavy atom. The van der Waals surface area contributed by atoms with Gasteiger partial charge >= 0.3 is 6.09 Å². The van der Waals surface area contributed by atoms with Crippen LogP contribution in [0.15, 0.2) is 24.4 Å². The van der Waals surface area contributed by atoms with Gasteiger partial charge in [-0.25, -0.2) is 4.79 Å². The van der Waals surface area contributed by atoms with E-state index in [-0.39, 0.29) is 12.1 Å². The van der Waals surface area contributed by atoms with Crippen LogP contribution in [-0.2, 0) is 4.74 Å². The predicted octanol–water partition coefficient (Wildman–Crippen LogP) is 3.09. The standard InChI is InChI=1S/C17H23N5O2S/c1-17(2,3)24-16(23)19-12-7-10-22(11-8-12)15-21-20-14(25-15)13-6-4-5-9-18-13/h4-6,9,12H,7-8,10-11H2,1-3H3,(H,19,23). The molecule has 1 amide bonds. The number of piperidine rings is 1. The minimum atomic E-state index is -0.473. The number of amides is 1. The fourth-order valence-electron chi connectivity index (χ4n) is 2.63. The van der Waals surface area contributed by atoms with Gasteiger partial charge in [0.2, 0.25) is 5.13 Å². The second-order valence-corrected chi connectivity index (χ2v) is 7.97. The largest absolute Gasteiger partial charge is 0.444 e. The molecule has 3 heterocycles. The number of hydrogen-bond donors (Lipinski definition) is 1. The summed E-state index contributed by atoms with van der Waals surface area (Å²) in [5.74, 6) is 0. The van der Waals surface area contributed by atoms with Crippen molar-refractivity contribution in [1.29, 1.82) is 0 Å². The van der Waals surface area contributed by atoms with E-state index in [1.54, 1.807) is 17.5 Å². The van der Waals surface area contributed by atoms with Crippen LogP contribution >= 0.6 is 11.3 Å². The highest BCUT2D eigenvalue weighted by Crippen LogP contribution is 2.29. The zero-order valence-electron chi connectivity index (χ0n) is 14.7. The summed E-state index contributed by atoms with van der Waals surface area (Å²) in [7, 11) is 0. The summed E-state index contributed by atoms with van der Waals surface area (Å²) < 4.78 is 5.31. The summed E-state index contributed by atoms with van der Waals surface area (Å²) in [6, 6.07) is 5.89. The van der Waals surface area contributed by atoms with Gasteiger partial charge in [-0.1, -0.05) is 17.4 Å². The molecule has 8 heteroatoms. The number of nitrogens with one attached hydrogen (secondary N) is 1. The Morgan fingerprint density at radius 3 is 2.68 bits per heavy atom. The van der Waals surface area contributed by atoms with Gasteiger partial charge in [-0.3, -0.25) is 4.98 Å². The fourth-order valence-corrected chi connectivity index (χ4v) is 3.50. The molecule has 3 rings (SSSR count). The molecule has 1 N–H and O–H groups in total. The van der Waals surface area contributed by atoms with Gasteiger partial charge in [0, 0.05) is 25.3 Å². The van der Waals surface area contributed by atoms with E-state index in [1.807, 2.05) is 39.0 Å². The molecule has 0 aromatic carbocycles. The molecule has 0 atom stereocenters. The van der Waals surface area contributed by atoms with Crippen LogP contribution in [0.4, 0.5) is 9.93 Å². The van der Waals surface area contributed by atoms with Crippen molar-refractivity contribution in [2.45, 2.75) is 45.3 Å². The molecule has 134 valence electrons. The molecule has 0 spiro atoms. The number of aromatic nitrogens is 3. The molecule has 1 aliphatic heterocycles. The second kappa shape index (κ2) is 7.35. The Balaban J connectivity index is 1.53. The minimum Gasteiger partial charge on any atom is -0.444 e. The monoisotopic (exact) mass is 361 g/mol. The van der Waals surface area contributed by atoms with Crippen molar-refractivity contribution < 1.29 is 9.53 Å². The number of hydrogen-bond acceptors (Lipinski definition) is 7. The normalized spacial score (nSPS) is 15.9. The van der Waals surface area contributed by atoms with Gasteiger partial charge in [-0.2, -0.15) is 0 Å². The summed E-state index contributed by atoms with van der Waals surface area (Å²) in [6.07, 6.45) is 3.12. The fraction of sp³-hybridized carbons (Fsp3) is 0.529.